The van der Waals surface area contributed by atoms with E-state index in [2.05, 4.69) is 5.32 Å². The van der Waals surface area contributed by atoms with Crippen LogP contribution in [0.5, 0.6) is 0 Å². The number of amides is 1. The van der Waals surface area contributed by atoms with E-state index in [1.54, 1.807) is 0 Å². The Kier molecular flexibility index (Phi) is 4.45. The van der Waals surface area contributed by atoms with Gasteiger partial charge in [0, 0.05) is 18.5 Å². The van der Waals surface area contributed by atoms with Gasteiger partial charge in [-0.25, -0.2) is 0 Å². The summed E-state index contributed by atoms with van der Waals surface area (Å²) in [6.07, 6.45) is 1.73. The number of carbonyl (C=O) groups is 1. The minimum absolute atomic E-state index is 0. The summed E-state index contributed by atoms with van der Waals surface area (Å²) in [7, 11) is 0. The third kappa shape index (κ3) is 2.67. The van der Waals surface area contributed by atoms with E-state index in [4.69, 9.17) is 5.73 Å². The van der Waals surface area contributed by atoms with Crippen molar-refractivity contribution in [2.75, 3.05) is 6.54 Å². The fourth-order valence-corrected chi connectivity index (χ4v) is 1.19. The number of halogens is 1. The van der Waals surface area contributed by atoms with E-state index >= 15 is 0 Å². The standard InChI is InChI=1S/C7H14N2O.ClH/c1-2-9-7(10)5-3-6(8)4-5;/h5-6H,2-4,8H2,1H3,(H,9,10);1H. The van der Waals surface area contributed by atoms with Crippen molar-refractivity contribution < 1.29 is 4.79 Å². The summed E-state index contributed by atoms with van der Waals surface area (Å²) in [6.45, 7) is 2.65. The van der Waals surface area contributed by atoms with Crippen molar-refractivity contribution in [1.82, 2.24) is 5.32 Å². The first-order valence-corrected chi connectivity index (χ1v) is 3.77. The van der Waals surface area contributed by atoms with Crippen molar-refractivity contribution in [3.05, 3.63) is 0 Å². The lowest BCUT2D eigenvalue weighted by Crippen LogP contribution is -2.44. The van der Waals surface area contributed by atoms with Crippen LogP contribution in [-0.2, 0) is 4.79 Å². The molecule has 4 heteroatoms. The van der Waals surface area contributed by atoms with Crippen LogP contribution in [0.4, 0.5) is 0 Å². The van der Waals surface area contributed by atoms with Crippen LogP contribution >= 0.6 is 12.4 Å². The zero-order valence-electron chi connectivity index (χ0n) is 6.67. The van der Waals surface area contributed by atoms with Gasteiger partial charge >= 0.3 is 0 Å². The van der Waals surface area contributed by atoms with Crippen LogP contribution in [0, 0.1) is 5.92 Å². The Morgan fingerprint density at radius 2 is 2.18 bits per heavy atom. The molecule has 0 heterocycles. The minimum Gasteiger partial charge on any atom is -0.356 e. The third-order valence-electron chi connectivity index (χ3n) is 1.90. The predicted molar refractivity (Wildman–Crippen MR) is 46.6 cm³/mol. The SMILES string of the molecule is CCNC(=O)C1CC(N)C1.Cl. The molecule has 0 aromatic heterocycles. The highest BCUT2D eigenvalue weighted by Gasteiger charge is 2.31. The fraction of sp³-hybridized carbons (Fsp3) is 0.857. The molecule has 1 fully saturated rings. The molecule has 3 nitrogen and oxygen atoms in total. The topological polar surface area (TPSA) is 55.1 Å². The zero-order chi connectivity index (χ0) is 7.56. The maximum atomic E-state index is 11.0. The molecule has 11 heavy (non-hydrogen) atoms. The molecule has 1 rings (SSSR count). The van der Waals surface area contributed by atoms with Gasteiger partial charge in [0.25, 0.3) is 0 Å². The van der Waals surface area contributed by atoms with Gasteiger partial charge in [0.15, 0.2) is 0 Å². The van der Waals surface area contributed by atoms with Gasteiger partial charge in [0.05, 0.1) is 0 Å². The summed E-state index contributed by atoms with van der Waals surface area (Å²) in [5, 5.41) is 2.77. The highest BCUT2D eigenvalue weighted by atomic mass is 35.5. The molecule has 1 aliphatic carbocycles. The second-order valence-electron chi connectivity index (χ2n) is 2.82. The van der Waals surface area contributed by atoms with Gasteiger partial charge in [-0.2, -0.15) is 0 Å². The van der Waals surface area contributed by atoms with Crippen LogP contribution in [-0.4, -0.2) is 18.5 Å². The maximum absolute atomic E-state index is 11.0. The van der Waals surface area contributed by atoms with Gasteiger partial charge in [-0.15, -0.1) is 12.4 Å². The first-order valence-electron chi connectivity index (χ1n) is 3.77. The van der Waals surface area contributed by atoms with Gasteiger partial charge in [0.1, 0.15) is 0 Å². The van der Waals surface area contributed by atoms with Crippen molar-refractivity contribution >= 4 is 18.3 Å². The van der Waals surface area contributed by atoms with Gasteiger partial charge in [-0.3, -0.25) is 4.79 Å². The summed E-state index contributed by atoms with van der Waals surface area (Å²) in [5.41, 5.74) is 5.52. The molecule has 1 aliphatic rings. The van der Waals surface area contributed by atoms with Crippen LogP contribution in [0.1, 0.15) is 19.8 Å². The van der Waals surface area contributed by atoms with E-state index in [0.717, 1.165) is 19.4 Å². The van der Waals surface area contributed by atoms with E-state index in [0.29, 0.717) is 0 Å². The van der Waals surface area contributed by atoms with Gasteiger partial charge in [-0.05, 0) is 19.8 Å². The molecule has 66 valence electrons. The molecule has 0 spiro atoms. The van der Waals surface area contributed by atoms with Crippen molar-refractivity contribution in [2.24, 2.45) is 11.7 Å². The number of hydrogen-bond donors (Lipinski definition) is 2. The van der Waals surface area contributed by atoms with Crippen molar-refractivity contribution in [2.45, 2.75) is 25.8 Å². The predicted octanol–water partition coefficient (Wildman–Crippen LogP) is 0.282. The molecule has 3 N–H and O–H groups in total. The van der Waals surface area contributed by atoms with Gasteiger partial charge < -0.3 is 11.1 Å². The molecule has 0 aromatic carbocycles. The average Bonchev–Trinajstić information content (AvgIpc) is 1.82. The lowest BCUT2D eigenvalue weighted by atomic mass is 9.80. The van der Waals surface area contributed by atoms with Crippen molar-refractivity contribution in [3.63, 3.8) is 0 Å². The number of nitrogens with one attached hydrogen (secondary N) is 1. The van der Waals surface area contributed by atoms with E-state index < -0.39 is 0 Å². The van der Waals surface area contributed by atoms with E-state index in [-0.39, 0.29) is 30.3 Å². The number of carbonyl (C=O) groups excluding carboxylic acids is 1. The average molecular weight is 179 g/mol. The molecular weight excluding hydrogens is 164 g/mol. The summed E-state index contributed by atoms with van der Waals surface area (Å²) >= 11 is 0. The minimum atomic E-state index is 0. The lowest BCUT2D eigenvalue weighted by molar-refractivity contribution is -0.127. The normalized spacial score (nSPS) is 28.2. The zero-order valence-corrected chi connectivity index (χ0v) is 7.49. The Hall–Kier alpha value is -0.280. The largest absolute Gasteiger partial charge is 0.356 e. The number of nitrogens with two attached hydrogens (primary N) is 1. The second-order valence-corrected chi connectivity index (χ2v) is 2.82. The van der Waals surface area contributed by atoms with E-state index in [1.807, 2.05) is 6.92 Å². The number of rotatable bonds is 2. The third-order valence-corrected chi connectivity index (χ3v) is 1.90. The molecule has 1 saturated carbocycles. The molecule has 0 aliphatic heterocycles. The molecule has 0 radical (unpaired) electrons. The molecule has 0 bridgehead atoms. The summed E-state index contributed by atoms with van der Waals surface area (Å²) in [4.78, 5) is 11.0. The first-order chi connectivity index (χ1) is 4.74. The van der Waals surface area contributed by atoms with Crippen LogP contribution in [0.3, 0.4) is 0 Å². The van der Waals surface area contributed by atoms with Crippen molar-refractivity contribution in [3.8, 4) is 0 Å². The van der Waals surface area contributed by atoms with Crippen LogP contribution in [0.2, 0.25) is 0 Å². The molecule has 0 unspecified atom stereocenters. The fourth-order valence-electron chi connectivity index (χ4n) is 1.19. The van der Waals surface area contributed by atoms with E-state index in [1.165, 1.54) is 0 Å². The van der Waals surface area contributed by atoms with Crippen LogP contribution in [0.25, 0.3) is 0 Å². The maximum Gasteiger partial charge on any atom is 0.223 e. The van der Waals surface area contributed by atoms with Crippen LogP contribution < -0.4 is 11.1 Å². The second kappa shape index (κ2) is 4.57. The monoisotopic (exact) mass is 178 g/mol. The van der Waals surface area contributed by atoms with Gasteiger partial charge in [0.2, 0.25) is 5.91 Å². The Labute approximate surface area is 73.1 Å². The Morgan fingerprint density at radius 3 is 2.55 bits per heavy atom. The Balaban J connectivity index is 0.000001000. The van der Waals surface area contributed by atoms with Crippen LogP contribution in [0.15, 0.2) is 0 Å². The Morgan fingerprint density at radius 1 is 1.64 bits per heavy atom. The summed E-state index contributed by atoms with van der Waals surface area (Å²) in [5.74, 6) is 0.374. The Bertz CT molecular complexity index is 134. The smallest absolute Gasteiger partial charge is 0.223 e. The highest BCUT2D eigenvalue weighted by molar-refractivity contribution is 5.85. The first kappa shape index (κ1) is 10.7. The van der Waals surface area contributed by atoms with E-state index in [9.17, 15) is 4.79 Å². The number of hydrogen-bond acceptors (Lipinski definition) is 2. The molecule has 1 amide bonds. The molecule has 0 saturated heterocycles. The van der Waals surface area contributed by atoms with Gasteiger partial charge in [-0.1, -0.05) is 0 Å². The molecule has 0 aromatic rings. The lowest BCUT2D eigenvalue weighted by Gasteiger charge is -2.30. The molecular formula is C7H15ClN2O. The quantitative estimate of drug-likeness (QED) is 0.639. The highest BCUT2D eigenvalue weighted by Crippen LogP contribution is 2.25. The summed E-state index contributed by atoms with van der Waals surface area (Å²) in [6, 6.07) is 0.271. The summed E-state index contributed by atoms with van der Waals surface area (Å²) < 4.78 is 0. The van der Waals surface area contributed by atoms with Crippen molar-refractivity contribution in [1.29, 1.82) is 0 Å². The molecule has 0 atom stereocenters.